The van der Waals surface area contributed by atoms with Gasteiger partial charge in [0.15, 0.2) is 17.1 Å². The van der Waals surface area contributed by atoms with Crippen LogP contribution in [0.1, 0.15) is 24.2 Å². The average molecular weight is 422 g/mol. The Balaban J connectivity index is 1.33. The smallest absolute Gasteiger partial charge is 0.272 e. The number of hydrogen-bond acceptors (Lipinski definition) is 6. The Morgan fingerprint density at radius 1 is 1.27 bits per heavy atom. The largest absolute Gasteiger partial charge is 0.454 e. The van der Waals surface area contributed by atoms with Crippen molar-refractivity contribution in [1.29, 1.82) is 0 Å². The lowest BCUT2D eigenvalue weighted by molar-refractivity contribution is -0.121. The maximum atomic E-state index is 12.5. The number of aromatic nitrogens is 3. The average Bonchev–Trinajstić information content (AvgIpc) is 3.47. The number of fused-ring (bicyclic) bond motifs is 2. The molecule has 0 fully saturated rings. The Hall–Kier alpha value is -3.59. The summed E-state index contributed by atoms with van der Waals surface area (Å²) in [5, 5.41) is 7.95. The maximum absolute atomic E-state index is 12.5. The number of thiophene rings is 1. The van der Waals surface area contributed by atoms with Gasteiger partial charge in [0.05, 0.1) is 28.7 Å². The normalized spacial score (nSPS) is 13.5. The lowest BCUT2D eigenvalue weighted by atomic mass is 10.1. The van der Waals surface area contributed by atoms with Crippen LogP contribution in [0.3, 0.4) is 0 Å². The quantitative estimate of drug-likeness (QED) is 0.515. The van der Waals surface area contributed by atoms with Gasteiger partial charge in [-0.3, -0.25) is 14.7 Å². The van der Waals surface area contributed by atoms with Crippen molar-refractivity contribution in [2.75, 3.05) is 6.79 Å². The number of nitrogens with one attached hydrogen (secondary N) is 2. The van der Waals surface area contributed by atoms with Crippen LogP contribution >= 0.6 is 11.3 Å². The molecule has 1 aliphatic heterocycles. The molecule has 1 amide bonds. The van der Waals surface area contributed by atoms with E-state index < -0.39 is 6.04 Å². The molecule has 1 aliphatic rings. The van der Waals surface area contributed by atoms with Crippen molar-refractivity contribution in [2.24, 2.45) is 0 Å². The standard InChI is InChI=1S/C21H18N4O4S/c1-12(22-20(26)8-13-4-5-16-17(7-13)29-11-28-16)14-10-21(27)25-19(23-14)9-15(24-25)18-3-2-6-30-18/h2-7,9-10,12,24H,8,11H2,1H3,(H,22,26). The van der Waals surface area contributed by atoms with Crippen LogP contribution in [-0.2, 0) is 11.2 Å². The van der Waals surface area contributed by atoms with E-state index in [-0.39, 0.29) is 24.7 Å². The van der Waals surface area contributed by atoms with E-state index in [1.54, 1.807) is 23.5 Å². The highest BCUT2D eigenvalue weighted by molar-refractivity contribution is 7.13. The van der Waals surface area contributed by atoms with E-state index in [0.29, 0.717) is 22.8 Å². The molecule has 8 nitrogen and oxygen atoms in total. The van der Waals surface area contributed by atoms with Crippen molar-refractivity contribution in [3.63, 3.8) is 0 Å². The SMILES string of the molecule is CC(NC(=O)Cc1ccc2c(c1)OCO2)c1cc(=O)n2[nH]c(-c3cccs3)cc2n1. The van der Waals surface area contributed by atoms with Gasteiger partial charge >= 0.3 is 0 Å². The Bertz CT molecular complexity index is 1290. The zero-order valence-corrected chi connectivity index (χ0v) is 16.9. The van der Waals surface area contributed by atoms with Crippen molar-refractivity contribution in [1.82, 2.24) is 19.9 Å². The minimum absolute atomic E-state index is 0.170. The first-order chi connectivity index (χ1) is 14.6. The molecule has 0 aliphatic carbocycles. The first kappa shape index (κ1) is 18.4. The number of carbonyl (C=O) groups is 1. The first-order valence-corrected chi connectivity index (χ1v) is 10.3. The summed E-state index contributed by atoms with van der Waals surface area (Å²) in [4.78, 5) is 30.6. The number of hydrogen-bond donors (Lipinski definition) is 2. The second kappa shape index (κ2) is 7.34. The van der Waals surface area contributed by atoms with Crippen LogP contribution in [0.4, 0.5) is 0 Å². The van der Waals surface area contributed by atoms with Crippen molar-refractivity contribution >= 4 is 22.9 Å². The predicted molar refractivity (Wildman–Crippen MR) is 112 cm³/mol. The molecular weight excluding hydrogens is 404 g/mol. The molecule has 0 saturated carbocycles. The number of ether oxygens (including phenoxy) is 2. The van der Waals surface area contributed by atoms with Gasteiger partial charge in [-0.05, 0) is 36.1 Å². The highest BCUT2D eigenvalue weighted by Gasteiger charge is 2.17. The second-order valence-electron chi connectivity index (χ2n) is 7.01. The Labute approximate surface area is 175 Å². The van der Waals surface area contributed by atoms with Crippen LogP contribution in [0.15, 0.2) is 52.6 Å². The number of benzene rings is 1. The molecule has 1 unspecified atom stereocenters. The van der Waals surface area contributed by atoms with Crippen LogP contribution in [0.2, 0.25) is 0 Å². The molecule has 1 aromatic carbocycles. The van der Waals surface area contributed by atoms with Crippen LogP contribution in [0.5, 0.6) is 11.5 Å². The number of nitrogens with zero attached hydrogens (tertiary/aromatic N) is 2. The molecule has 1 atom stereocenters. The van der Waals surface area contributed by atoms with E-state index in [1.807, 2.05) is 36.6 Å². The zero-order valence-electron chi connectivity index (χ0n) is 16.0. The van der Waals surface area contributed by atoms with Gasteiger partial charge in [-0.15, -0.1) is 11.3 Å². The fraction of sp³-hybridized carbons (Fsp3) is 0.190. The molecule has 30 heavy (non-hydrogen) atoms. The molecule has 0 spiro atoms. The summed E-state index contributed by atoms with van der Waals surface area (Å²) < 4.78 is 12.0. The summed E-state index contributed by atoms with van der Waals surface area (Å²) >= 11 is 1.58. The zero-order chi connectivity index (χ0) is 20.7. The molecule has 0 bridgehead atoms. The van der Waals surface area contributed by atoms with E-state index in [1.165, 1.54) is 10.6 Å². The topological polar surface area (TPSA) is 97.7 Å². The number of carbonyl (C=O) groups excluding carboxylic acids is 1. The molecular formula is C21H18N4O4S. The van der Waals surface area contributed by atoms with Gasteiger partial charge in [-0.25, -0.2) is 9.50 Å². The molecule has 4 heterocycles. The molecule has 0 saturated heterocycles. The highest BCUT2D eigenvalue weighted by atomic mass is 32.1. The van der Waals surface area contributed by atoms with Gasteiger partial charge in [0, 0.05) is 12.1 Å². The molecule has 3 aromatic heterocycles. The lowest BCUT2D eigenvalue weighted by Gasteiger charge is -2.13. The highest BCUT2D eigenvalue weighted by Crippen LogP contribution is 2.32. The van der Waals surface area contributed by atoms with Gasteiger partial charge in [0.25, 0.3) is 5.56 Å². The Morgan fingerprint density at radius 2 is 2.13 bits per heavy atom. The van der Waals surface area contributed by atoms with E-state index in [0.717, 1.165) is 16.1 Å². The minimum Gasteiger partial charge on any atom is -0.454 e. The lowest BCUT2D eigenvalue weighted by Crippen LogP contribution is -2.30. The number of aromatic amines is 1. The third-order valence-corrected chi connectivity index (χ3v) is 5.78. The van der Waals surface area contributed by atoms with Crippen molar-refractivity contribution < 1.29 is 14.3 Å². The third kappa shape index (κ3) is 3.43. The van der Waals surface area contributed by atoms with Crippen LogP contribution < -0.4 is 20.3 Å². The van der Waals surface area contributed by atoms with E-state index in [9.17, 15) is 9.59 Å². The van der Waals surface area contributed by atoms with Crippen molar-refractivity contribution in [2.45, 2.75) is 19.4 Å². The Kier molecular flexibility index (Phi) is 4.51. The van der Waals surface area contributed by atoms with Crippen molar-refractivity contribution in [3.8, 4) is 22.1 Å². The molecule has 9 heteroatoms. The fourth-order valence-corrected chi connectivity index (χ4v) is 4.08. The summed E-state index contributed by atoms with van der Waals surface area (Å²) in [5.74, 6) is 1.15. The van der Waals surface area contributed by atoms with Gasteiger partial charge in [-0.2, -0.15) is 0 Å². The summed E-state index contributed by atoms with van der Waals surface area (Å²) in [6, 6.07) is 12.2. The van der Waals surface area contributed by atoms with Gasteiger partial charge in [0.2, 0.25) is 12.7 Å². The van der Waals surface area contributed by atoms with Gasteiger partial charge in [0.1, 0.15) is 0 Å². The monoisotopic (exact) mass is 422 g/mol. The van der Waals surface area contributed by atoms with E-state index in [2.05, 4.69) is 15.4 Å². The maximum Gasteiger partial charge on any atom is 0.272 e. The number of H-pyrrole nitrogens is 1. The Morgan fingerprint density at radius 3 is 2.97 bits per heavy atom. The minimum atomic E-state index is -0.413. The summed E-state index contributed by atoms with van der Waals surface area (Å²) in [7, 11) is 0. The summed E-state index contributed by atoms with van der Waals surface area (Å²) in [6.07, 6.45) is 0.189. The van der Waals surface area contributed by atoms with Gasteiger partial charge in [-0.1, -0.05) is 12.1 Å². The van der Waals surface area contributed by atoms with Crippen LogP contribution in [-0.4, -0.2) is 27.3 Å². The molecule has 2 N–H and O–H groups in total. The number of rotatable bonds is 5. The van der Waals surface area contributed by atoms with Crippen LogP contribution in [0, 0.1) is 0 Å². The van der Waals surface area contributed by atoms with E-state index >= 15 is 0 Å². The predicted octanol–water partition coefficient (Wildman–Crippen LogP) is 2.90. The van der Waals surface area contributed by atoms with Crippen molar-refractivity contribution in [3.05, 3.63) is 69.5 Å². The molecule has 152 valence electrons. The first-order valence-electron chi connectivity index (χ1n) is 9.41. The summed E-state index contributed by atoms with van der Waals surface area (Å²) in [5.41, 5.74) is 2.44. The van der Waals surface area contributed by atoms with E-state index in [4.69, 9.17) is 9.47 Å². The molecule has 5 rings (SSSR count). The molecule has 0 radical (unpaired) electrons. The molecule has 4 aromatic rings. The summed E-state index contributed by atoms with van der Waals surface area (Å²) in [6.45, 7) is 2.00. The number of amides is 1. The van der Waals surface area contributed by atoms with Gasteiger partial charge < -0.3 is 14.8 Å². The fourth-order valence-electron chi connectivity index (χ4n) is 3.39. The van der Waals surface area contributed by atoms with Crippen LogP contribution in [0.25, 0.3) is 16.2 Å². The second-order valence-corrected chi connectivity index (χ2v) is 7.96. The third-order valence-electron chi connectivity index (χ3n) is 4.88.